The SMILES string of the molecule is CC(C)Oc1cccc(OC(C)C)c1-c1ccccc1.CC(C)Oc1cccc(OC(C)C)c1-c1ccccc1.PC1CCCCC1. The van der Waals surface area contributed by atoms with Crippen molar-refractivity contribution < 1.29 is 18.9 Å². The predicted octanol–water partition coefficient (Wildman–Crippen LogP) is 12.1. The first-order valence-electron chi connectivity index (χ1n) is 17.3. The lowest BCUT2D eigenvalue weighted by Crippen LogP contribution is -2.10. The molecule has 0 heterocycles. The van der Waals surface area contributed by atoms with E-state index in [2.05, 4.69) is 33.5 Å². The zero-order valence-corrected chi connectivity index (χ0v) is 31.0. The van der Waals surface area contributed by atoms with Gasteiger partial charge in [0, 0.05) is 0 Å². The predicted molar refractivity (Wildman–Crippen MR) is 203 cm³/mol. The Labute approximate surface area is 287 Å². The molecule has 254 valence electrons. The van der Waals surface area contributed by atoms with Crippen LogP contribution in [0, 0.1) is 0 Å². The molecule has 4 aromatic carbocycles. The van der Waals surface area contributed by atoms with Crippen LogP contribution in [0.4, 0.5) is 0 Å². The third kappa shape index (κ3) is 13.3. The van der Waals surface area contributed by atoms with Gasteiger partial charge in [-0.1, -0.05) is 92.1 Å². The minimum atomic E-state index is 0.131. The van der Waals surface area contributed by atoms with E-state index < -0.39 is 0 Å². The largest absolute Gasteiger partial charge is 0.490 e. The van der Waals surface area contributed by atoms with Crippen LogP contribution >= 0.6 is 9.24 Å². The van der Waals surface area contributed by atoms with Crippen LogP contribution in [-0.4, -0.2) is 30.1 Å². The standard InChI is InChI=1S/2C18H22O2.C6H13P/c2*1-13(2)19-16-11-8-12-17(20-14(3)4)18(16)15-9-6-5-7-10-15;7-6-4-2-1-3-5-6/h2*5-14H,1-4H3;6H,1-5,7H2. The van der Waals surface area contributed by atoms with E-state index in [-0.39, 0.29) is 24.4 Å². The molecule has 0 spiro atoms. The lowest BCUT2D eigenvalue weighted by atomic mass is 10.0. The summed E-state index contributed by atoms with van der Waals surface area (Å²) in [6, 6.07) is 32.4. The fraction of sp³-hybridized carbons (Fsp3) is 0.429. The summed E-state index contributed by atoms with van der Waals surface area (Å²) in [6.07, 6.45) is 7.83. The molecule has 1 unspecified atom stereocenters. The molecule has 1 aliphatic carbocycles. The molecular weight excluding hydrogens is 599 g/mol. The van der Waals surface area contributed by atoms with Gasteiger partial charge in [0.15, 0.2) is 0 Å². The van der Waals surface area contributed by atoms with Gasteiger partial charge in [-0.25, -0.2) is 0 Å². The Morgan fingerprint density at radius 3 is 0.957 bits per heavy atom. The maximum atomic E-state index is 5.94. The molecule has 0 bridgehead atoms. The van der Waals surface area contributed by atoms with Crippen molar-refractivity contribution in [3.63, 3.8) is 0 Å². The Hall–Kier alpha value is -3.49. The van der Waals surface area contributed by atoms with Crippen molar-refractivity contribution >= 4 is 9.24 Å². The Balaban J connectivity index is 0.000000212. The third-order valence-corrected chi connectivity index (χ3v) is 7.87. The van der Waals surface area contributed by atoms with E-state index in [1.807, 2.05) is 128 Å². The van der Waals surface area contributed by atoms with Crippen LogP contribution in [0.1, 0.15) is 87.5 Å². The van der Waals surface area contributed by atoms with Crippen LogP contribution in [-0.2, 0) is 0 Å². The van der Waals surface area contributed by atoms with Gasteiger partial charge in [-0.15, -0.1) is 9.24 Å². The summed E-state index contributed by atoms with van der Waals surface area (Å²) in [5.41, 5.74) is 5.22. The van der Waals surface area contributed by atoms with Crippen LogP contribution in [0.3, 0.4) is 0 Å². The summed E-state index contributed by atoms with van der Waals surface area (Å²) < 4.78 is 23.8. The van der Waals surface area contributed by atoms with Gasteiger partial charge in [-0.3, -0.25) is 0 Å². The van der Waals surface area contributed by atoms with Crippen molar-refractivity contribution in [2.75, 3.05) is 0 Å². The van der Waals surface area contributed by atoms with Crippen molar-refractivity contribution in [1.29, 1.82) is 0 Å². The van der Waals surface area contributed by atoms with Crippen molar-refractivity contribution in [3.8, 4) is 45.3 Å². The van der Waals surface area contributed by atoms with Gasteiger partial charge in [-0.2, -0.15) is 0 Å². The van der Waals surface area contributed by atoms with Crippen LogP contribution in [0.2, 0.25) is 0 Å². The molecule has 1 atom stereocenters. The molecule has 5 heteroatoms. The Bertz CT molecular complexity index is 1270. The lowest BCUT2D eigenvalue weighted by Gasteiger charge is -2.19. The second-order valence-corrected chi connectivity index (χ2v) is 14.0. The highest BCUT2D eigenvalue weighted by atomic mass is 31.0. The maximum absolute atomic E-state index is 5.94. The van der Waals surface area contributed by atoms with Crippen LogP contribution in [0.15, 0.2) is 97.1 Å². The summed E-state index contributed by atoms with van der Waals surface area (Å²) in [7, 11) is 2.91. The molecule has 0 amide bonds. The molecule has 4 aromatic rings. The average molecular weight is 657 g/mol. The van der Waals surface area contributed by atoms with E-state index in [9.17, 15) is 0 Å². The fourth-order valence-electron chi connectivity index (χ4n) is 5.34. The molecule has 0 N–H and O–H groups in total. The highest BCUT2D eigenvalue weighted by molar-refractivity contribution is 7.17. The maximum Gasteiger partial charge on any atom is 0.131 e. The monoisotopic (exact) mass is 656 g/mol. The molecule has 0 radical (unpaired) electrons. The van der Waals surface area contributed by atoms with Crippen LogP contribution in [0.5, 0.6) is 23.0 Å². The highest BCUT2D eigenvalue weighted by Crippen LogP contribution is 2.40. The van der Waals surface area contributed by atoms with E-state index in [1.54, 1.807) is 0 Å². The first-order valence-corrected chi connectivity index (χ1v) is 18.0. The molecule has 0 aliphatic heterocycles. The quantitative estimate of drug-likeness (QED) is 0.159. The zero-order valence-electron chi connectivity index (χ0n) is 29.9. The zero-order chi connectivity index (χ0) is 34.2. The van der Waals surface area contributed by atoms with Gasteiger partial charge in [0.1, 0.15) is 23.0 Å². The summed E-state index contributed by atoms with van der Waals surface area (Å²) in [4.78, 5) is 0. The van der Waals surface area contributed by atoms with Crippen molar-refractivity contribution in [3.05, 3.63) is 97.1 Å². The molecule has 1 aliphatic rings. The summed E-state index contributed by atoms with van der Waals surface area (Å²) >= 11 is 0. The Morgan fingerprint density at radius 2 is 0.723 bits per heavy atom. The molecular formula is C42H57O4P. The molecule has 47 heavy (non-hydrogen) atoms. The normalized spacial score (nSPS) is 13.0. The van der Waals surface area contributed by atoms with E-state index in [0.717, 1.165) is 50.9 Å². The second-order valence-electron chi connectivity index (χ2n) is 13.1. The first kappa shape index (κ1) is 38.0. The second kappa shape index (κ2) is 20.0. The highest BCUT2D eigenvalue weighted by Gasteiger charge is 2.16. The number of hydrogen-bond donors (Lipinski definition) is 0. The minimum Gasteiger partial charge on any atom is -0.490 e. The van der Waals surface area contributed by atoms with E-state index >= 15 is 0 Å². The molecule has 1 fully saturated rings. The topological polar surface area (TPSA) is 36.9 Å². The Kier molecular flexibility index (Phi) is 16.2. The fourth-order valence-corrected chi connectivity index (χ4v) is 5.81. The van der Waals surface area contributed by atoms with Crippen molar-refractivity contribution in [2.24, 2.45) is 0 Å². The van der Waals surface area contributed by atoms with Crippen molar-refractivity contribution in [2.45, 2.75) is 118 Å². The van der Waals surface area contributed by atoms with Crippen LogP contribution < -0.4 is 18.9 Å². The number of ether oxygens (including phenoxy) is 4. The number of benzene rings is 4. The van der Waals surface area contributed by atoms with E-state index in [1.165, 1.54) is 32.1 Å². The molecule has 0 aromatic heterocycles. The van der Waals surface area contributed by atoms with Gasteiger partial charge >= 0.3 is 0 Å². The van der Waals surface area contributed by atoms with Gasteiger partial charge in [0.2, 0.25) is 0 Å². The molecule has 0 saturated heterocycles. The smallest absolute Gasteiger partial charge is 0.131 e. The third-order valence-electron chi connectivity index (χ3n) is 7.20. The van der Waals surface area contributed by atoms with Gasteiger partial charge in [0.05, 0.1) is 35.5 Å². The first-order chi connectivity index (χ1) is 22.5. The summed E-state index contributed by atoms with van der Waals surface area (Å²) in [6.45, 7) is 16.3. The number of rotatable bonds is 10. The Morgan fingerprint density at radius 1 is 0.426 bits per heavy atom. The summed E-state index contributed by atoms with van der Waals surface area (Å²) in [5, 5.41) is 0. The molecule has 4 nitrogen and oxygen atoms in total. The minimum absolute atomic E-state index is 0.131. The van der Waals surface area contributed by atoms with Gasteiger partial charge in [-0.05, 0) is 109 Å². The summed E-state index contributed by atoms with van der Waals surface area (Å²) in [5.74, 6) is 3.46. The molecule has 5 rings (SSSR count). The lowest BCUT2D eigenvalue weighted by molar-refractivity contribution is 0.230. The van der Waals surface area contributed by atoms with E-state index in [0.29, 0.717) is 0 Å². The average Bonchev–Trinajstić information content (AvgIpc) is 3.02. The van der Waals surface area contributed by atoms with Crippen LogP contribution in [0.25, 0.3) is 22.3 Å². The van der Waals surface area contributed by atoms with Gasteiger partial charge < -0.3 is 18.9 Å². The van der Waals surface area contributed by atoms with Gasteiger partial charge in [0.25, 0.3) is 0 Å². The molecule has 1 saturated carbocycles. The number of hydrogen-bond acceptors (Lipinski definition) is 4. The van der Waals surface area contributed by atoms with E-state index in [4.69, 9.17) is 18.9 Å². The van der Waals surface area contributed by atoms with Crippen molar-refractivity contribution in [1.82, 2.24) is 0 Å².